The SMILES string of the molecule is CCCCC(CNC(=O)Nc1c(SC)ccc2ncccc12)c1ccccc1C. The Morgan fingerprint density at radius 2 is 1.97 bits per heavy atom. The van der Waals surface area contributed by atoms with Crippen molar-refractivity contribution in [3.05, 3.63) is 65.9 Å². The van der Waals surface area contributed by atoms with Gasteiger partial charge < -0.3 is 10.6 Å². The molecule has 0 saturated heterocycles. The van der Waals surface area contributed by atoms with Crippen LogP contribution in [0.25, 0.3) is 10.9 Å². The molecule has 2 N–H and O–H groups in total. The molecular formula is C24H29N3OS. The van der Waals surface area contributed by atoms with Gasteiger partial charge in [0.25, 0.3) is 0 Å². The van der Waals surface area contributed by atoms with Crippen LogP contribution in [0.5, 0.6) is 0 Å². The molecular weight excluding hydrogens is 378 g/mol. The monoisotopic (exact) mass is 407 g/mol. The molecule has 0 bridgehead atoms. The van der Waals surface area contributed by atoms with Crippen molar-refractivity contribution in [1.82, 2.24) is 10.3 Å². The van der Waals surface area contributed by atoms with Gasteiger partial charge in [-0.15, -0.1) is 11.8 Å². The summed E-state index contributed by atoms with van der Waals surface area (Å²) in [6.45, 7) is 4.96. The normalized spacial score (nSPS) is 12.0. The number of aryl methyl sites for hydroxylation is 1. The lowest BCUT2D eigenvalue weighted by molar-refractivity contribution is 0.251. The second kappa shape index (κ2) is 10.3. The third-order valence-corrected chi connectivity index (χ3v) is 6.03. The Kier molecular flexibility index (Phi) is 7.53. The molecule has 0 spiro atoms. The van der Waals surface area contributed by atoms with Gasteiger partial charge in [-0.05, 0) is 55.0 Å². The Labute approximate surface area is 177 Å². The van der Waals surface area contributed by atoms with Crippen molar-refractivity contribution in [3.8, 4) is 0 Å². The first-order chi connectivity index (χ1) is 14.1. The molecule has 1 aromatic heterocycles. The molecule has 3 aromatic rings. The minimum Gasteiger partial charge on any atom is -0.337 e. The number of fused-ring (bicyclic) bond motifs is 1. The Morgan fingerprint density at radius 3 is 2.72 bits per heavy atom. The maximum Gasteiger partial charge on any atom is 0.319 e. The molecule has 1 heterocycles. The smallest absolute Gasteiger partial charge is 0.319 e. The predicted molar refractivity (Wildman–Crippen MR) is 124 cm³/mol. The highest BCUT2D eigenvalue weighted by Crippen LogP contribution is 2.32. The van der Waals surface area contributed by atoms with Crippen molar-refractivity contribution in [1.29, 1.82) is 0 Å². The van der Waals surface area contributed by atoms with Crippen LogP contribution >= 0.6 is 11.8 Å². The van der Waals surface area contributed by atoms with E-state index < -0.39 is 0 Å². The third kappa shape index (κ3) is 5.30. The van der Waals surface area contributed by atoms with Crippen LogP contribution in [-0.2, 0) is 0 Å². The first-order valence-corrected chi connectivity index (χ1v) is 11.4. The van der Waals surface area contributed by atoms with Gasteiger partial charge in [0.15, 0.2) is 0 Å². The molecule has 0 aliphatic rings. The van der Waals surface area contributed by atoms with Crippen molar-refractivity contribution in [3.63, 3.8) is 0 Å². The van der Waals surface area contributed by atoms with Gasteiger partial charge in [-0.25, -0.2) is 4.79 Å². The summed E-state index contributed by atoms with van der Waals surface area (Å²) in [6, 6.07) is 16.2. The lowest BCUT2D eigenvalue weighted by Crippen LogP contribution is -2.32. The Hall–Kier alpha value is -2.53. The Morgan fingerprint density at radius 1 is 1.14 bits per heavy atom. The number of thioether (sulfide) groups is 1. The topological polar surface area (TPSA) is 54.0 Å². The molecule has 3 rings (SSSR count). The van der Waals surface area contributed by atoms with Crippen molar-refractivity contribution in [2.75, 3.05) is 18.1 Å². The zero-order valence-electron chi connectivity index (χ0n) is 17.4. The maximum absolute atomic E-state index is 12.8. The molecule has 4 nitrogen and oxygen atoms in total. The van der Waals surface area contributed by atoms with Gasteiger partial charge in [0.05, 0.1) is 11.2 Å². The van der Waals surface area contributed by atoms with Gasteiger partial charge in [0, 0.05) is 28.9 Å². The lowest BCUT2D eigenvalue weighted by Gasteiger charge is -2.20. The zero-order chi connectivity index (χ0) is 20.6. The molecule has 2 aromatic carbocycles. The van der Waals surface area contributed by atoms with Gasteiger partial charge >= 0.3 is 6.03 Å². The summed E-state index contributed by atoms with van der Waals surface area (Å²) in [5.41, 5.74) is 4.30. The van der Waals surface area contributed by atoms with E-state index in [0.717, 1.165) is 40.7 Å². The number of hydrogen-bond acceptors (Lipinski definition) is 3. The van der Waals surface area contributed by atoms with Crippen molar-refractivity contribution in [2.24, 2.45) is 0 Å². The van der Waals surface area contributed by atoms with Crippen LogP contribution in [0.4, 0.5) is 10.5 Å². The second-order valence-electron chi connectivity index (χ2n) is 7.24. The highest BCUT2D eigenvalue weighted by molar-refractivity contribution is 7.98. The van der Waals surface area contributed by atoms with E-state index in [9.17, 15) is 4.79 Å². The first-order valence-electron chi connectivity index (χ1n) is 10.2. The predicted octanol–water partition coefficient (Wildman–Crippen LogP) is 6.36. The number of urea groups is 1. The minimum absolute atomic E-state index is 0.174. The molecule has 0 aliphatic carbocycles. The van der Waals surface area contributed by atoms with Gasteiger partial charge in [-0.2, -0.15) is 0 Å². The number of carbonyl (C=O) groups excluding carboxylic acids is 1. The van der Waals surface area contributed by atoms with Crippen LogP contribution in [0, 0.1) is 6.92 Å². The van der Waals surface area contributed by atoms with E-state index in [1.807, 2.05) is 30.5 Å². The molecule has 1 unspecified atom stereocenters. The van der Waals surface area contributed by atoms with Crippen LogP contribution in [0.2, 0.25) is 0 Å². The number of anilines is 1. The van der Waals surface area contributed by atoms with E-state index in [0.29, 0.717) is 12.5 Å². The van der Waals surface area contributed by atoms with Crippen molar-refractivity contribution in [2.45, 2.75) is 43.9 Å². The zero-order valence-corrected chi connectivity index (χ0v) is 18.2. The number of hydrogen-bond donors (Lipinski definition) is 2. The van der Waals surface area contributed by atoms with E-state index >= 15 is 0 Å². The van der Waals surface area contributed by atoms with E-state index in [4.69, 9.17) is 0 Å². The highest BCUT2D eigenvalue weighted by atomic mass is 32.2. The average Bonchev–Trinajstić information content (AvgIpc) is 2.75. The molecule has 5 heteroatoms. The largest absolute Gasteiger partial charge is 0.337 e. The molecule has 0 saturated carbocycles. The minimum atomic E-state index is -0.174. The maximum atomic E-state index is 12.8. The summed E-state index contributed by atoms with van der Waals surface area (Å²) in [4.78, 5) is 18.2. The lowest BCUT2D eigenvalue weighted by atomic mass is 9.90. The number of unbranched alkanes of at least 4 members (excludes halogenated alkanes) is 1. The summed E-state index contributed by atoms with van der Waals surface area (Å²) < 4.78 is 0. The molecule has 152 valence electrons. The van der Waals surface area contributed by atoms with Crippen LogP contribution in [-0.4, -0.2) is 23.8 Å². The first kappa shape index (κ1) is 21.2. The highest BCUT2D eigenvalue weighted by Gasteiger charge is 2.16. The number of nitrogens with one attached hydrogen (secondary N) is 2. The van der Waals surface area contributed by atoms with E-state index in [1.54, 1.807) is 18.0 Å². The fourth-order valence-corrected chi connectivity index (χ4v) is 4.24. The molecule has 0 fully saturated rings. The summed E-state index contributed by atoms with van der Waals surface area (Å²) in [6.07, 6.45) is 7.14. The average molecular weight is 408 g/mol. The molecule has 0 radical (unpaired) electrons. The number of aromatic nitrogens is 1. The van der Waals surface area contributed by atoms with Crippen molar-refractivity contribution < 1.29 is 4.79 Å². The molecule has 1 atom stereocenters. The van der Waals surface area contributed by atoms with Crippen LogP contribution in [0.3, 0.4) is 0 Å². The third-order valence-electron chi connectivity index (χ3n) is 5.25. The van der Waals surface area contributed by atoms with E-state index in [1.165, 1.54) is 11.1 Å². The summed E-state index contributed by atoms with van der Waals surface area (Å²) in [7, 11) is 0. The van der Waals surface area contributed by atoms with Gasteiger partial charge in [0.1, 0.15) is 0 Å². The fourth-order valence-electron chi connectivity index (χ4n) is 3.67. The Balaban J connectivity index is 1.74. The Bertz CT molecular complexity index is 973. The standard InChI is InChI=1S/C24H29N3OS/c1-4-5-10-18(19-11-7-6-9-17(19)2)16-26-24(28)27-23-20-12-8-15-25-21(20)13-14-22(23)29-3/h6-9,11-15,18H,4-5,10,16H2,1-3H3,(H2,26,27,28). The second-order valence-corrected chi connectivity index (χ2v) is 8.09. The number of amides is 2. The van der Waals surface area contributed by atoms with Crippen LogP contribution in [0.1, 0.15) is 43.2 Å². The number of carbonyl (C=O) groups is 1. The number of rotatable bonds is 8. The van der Waals surface area contributed by atoms with Gasteiger partial charge in [-0.1, -0.05) is 44.0 Å². The van der Waals surface area contributed by atoms with E-state index in [-0.39, 0.29) is 6.03 Å². The van der Waals surface area contributed by atoms with Crippen LogP contribution < -0.4 is 10.6 Å². The number of benzene rings is 2. The fraction of sp³-hybridized carbons (Fsp3) is 0.333. The molecule has 0 aliphatic heterocycles. The summed E-state index contributed by atoms with van der Waals surface area (Å²) >= 11 is 1.62. The summed E-state index contributed by atoms with van der Waals surface area (Å²) in [5.74, 6) is 0.316. The van der Waals surface area contributed by atoms with Gasteiger partial charge in [0.2, 0.25) is 0 Å². The van der Waals surface area contributed by atoms with Gasteiger partial charge in [-0.3, -0.25) is 4.98 Å². The molecule has 2 amide bonds. The van der Waals surface area contributed by atoms with Crippen molar-refractivity contribution >= 4 is 34.4 Å². The van der Waals surface area contributed by atoms with Crippen LogP contribution in [0.15, 0.2) is 59.6 Å². The quantitative estimate of drug-likeness (QED) is 0.427. The van der Waals surface area contributed by atoms with E-state index in [2.05, 4.69) is 53.7 Å². The summed E-state index contributed by atoms with van der Waals surface area (Å²) in [5, 5.41) is 7.13. The molecule has 29 heavy (non-hydrogen) atoms. The number of nitrogens with zero attached hydrogens (tertiary/aromatic N) is 1. The number of pyridine rings is 1.